The summed E-state index contributed by atoms with van der Waals surface area (Å²) in [5.74, 6) is 5.73. The number of amides is 1. The van der Waals surface area contributed by atoms with Crippen molar-refractivity contribution in [2.24, 2.45) is 11.8 Å². The maximum absolute atomic E-state index is 11.5. The van der Waals surface area contributed by atoms with Gasteiger partial charge in [0.1, 0.15) is 0 Å². The van der Waals surface area contributed by atoms with Crippen LogP contribution in [-0.2, 0) is 4.79 Å². The number of rotatable bonds is 2. The van der Waals surface area contributed by atoms with Gasteiger partial charge < -0.3 is 0 Å². The molecule has 1 amide bonds. The Hall–Kier alpha value is -1.46. The fraction of sp³-hybridized carbons (Fsp3) is 0.429. The highest BCUT2D eigenvalue weighted by atomic mass is 32.1. The van der Waals surface area contributed by atoms with Crippen LogP contribution < -0.4 is 11.3 Å². The Labute approximate surface area is 116 Å². The summed E-state index contributed by atoms with van der Waals surface area (Å²) in [6.07, 6.45) is 3.84. The highest BCUT2D eigenvalue weighted by Gasteiger charge is 2.28. The van der Waals surface area contributed by atoms with Gasteiger partial charge in [0.15, 0.2) is 0 Å². The molecule has 0 radical (unpaired) electrons. The molecule has 0 aliphatic heterocycles. The summed E-state index contributed by atoms with van der Waals surface area (Å²) in [6.45, 7) is 0. The molecule has 0 bridgehead atoms. The van der Waals surface area contributed by atoms with Gasteiger partial charge in [0.05, 0.1) is 10.4 Å². The lowest BCUT2D eigenvalue weighted by atomic mass is 9.79. The first-order valence-corrected chi connectivity index (χ1v) is 7.41. The zero-order chi connectivity index (χ0) is 13.2. The summed E-state index contributed by atoms with van der Waals surface area (Å²) in [5, 5.41) is 1.28. The number of aromatic nitrogens is 1. The van der Waals surface area contributed by atoms with Gasteiger partial charge in [0, 0.05) is 17.2 Å². The lowest BCUT2D eigenvalue weighted by molar-refractivity contribution is -0.126. The minimum atomic E-state index is -0.0263. The molecule has 1 aromatic heterocycles. The molecular weight excluding hydrogens is 258 g/mol. The molecule has 1 fully saturated rings. The Morgan fingerprint density at radius 2 is 2.00 bits per heavy atom. The van der Waals surface area contributed by atoms with Gasteiger partial charge in [-0.3, -0.25) is 10.2 Å². The van der Waals surface area contributed by atoms with E-state index >= 15 is 0 Å². The molecule has 1 heterocycles. The lowest BCUT2D eigenvalue weighted by Gasteiger charge is -2.26. The van der Waals surface area contributed by atoms with E-state index in [-0.39, 0.29) is 11.8 Å². The van der Waals surface area contributed by atoms with Crippen molar-refractivity contribution in [3.63, 3.8) is 0 Å². The lowest BCUT2D eigenvalue weighted by Crippen LogP contribution is -2.37. The standard InChI is InChI=1S/C14H17N3OS/c15-16-14(18)10-7-5-9(6-8-10)13-11-3-1-2-4-12(11)19-17-13/h1-4,9-10H,5-8,15H2,(H,16,18)/t9-,10+. The maximum atomic E-state index is 11.5. The first-order valence-electron chi connectivity index (χ1n) is 6.64. The van der Waals surface area contributed by atoms with Crippen LogP contribution in [0.25, 0.3) is 10.1 Å². The molecule has 4 nitrogen and oxygen atoms in total. The van der Waals surface area contributed by atoms with Crippen LogP contribution in [0.1, 0.15) is 37.3 Å². The first kappa shape index (κ1) is 12.6. The minimum Gasteiger partial charge on any atom is -0.294 e. The van der Waals surface area contributed by atoms with E-state index < -0.39 is 0 Å². The summed E-state index contributed by atoms with van der Waals surface area (Å²) in [5.41, 5.74) is 3.48. The second-order valence-corrected chi connectivity index (χ2v) is 5.93. The smallest absolute Gasteiger partial charge is 0.236 e. The second-order valence-electron chi connectivity index (χ2n) is 5.12. The van der Waals surface area contributed by atoms with Crippen molar-refractivity contribution >= 4 is 27.5 Å². The molecule has 5 heteroatoms. The zero-order valence-corrected chi connectivity index (χ0v) is 11.5. The van der Waals surface area contributed by atoms with E-state index in [1.165, 1.54) is 15.8 Å². The number of nitrogens with one attached hydrogen (secondary N) is 1. The van der Waals surface area contributed by atoms with Crippen LogP contribution in [0, 0.1) is 5.92 Å². The Morgan fingerprint density at radius 1 is 1.26 bits per heavy atom. The fourth-order valence-electron chi connectivity index (χ4n) is 2.95. The molecule has 1 aromatic carbocycles. The predicted octanol–water partition coefficient (Wildman–Crippen LogP) is 2.56. The highest BCUT2D eigenvalue weighted by Crippen LogP contribution is 2.39. The molecule has 0 spiro atoms. The first-order chi connectivity index (χ1) is 9.29. The number of carbonyl (C=O) groups is 1. The highest BCUT2D eigenvalue weighted by molar-refractivity contribution is 7.13. The van der Waals surface area contributed by atoms with Gasteiger partial charge in [-0.2, -0.15) is 4.37 Å². The third-order valence-corrected chi connectivity index (χ3v) is 4.87. The third kappa shape index (κ3) is 2.35. The van der Waals surface area contributed by atoms with Gasteiger partial charge in [-0.05, 0) is 43.3 Å². The number of hydrazine groups is 1. The van der Waals surface area contributed by atoms with E-state index in [1.807, 2.05) is 6.07 Å². The van der Waals surface area contributed by atoms with Crippen molar-refractivity contribution in [3.8, 4) is 0 Å². The van der Waals surface area contributed by atoms with Crippen molar-refractivity contribution in [2.75, 3.05) is 0 Å². The van der Waals surface area contributed by atoms with Crippen LogP contribution in [-0.4, -0.2) is 10.3 Å². The summed E-state index contributed by atoms with van der Waals surface area (Å²) in [6, 6.07) is 8.37. The number of hydrogen-bond acceptors (Lipinski definition) is 4. The average molecular weight is 275 g/mol. The van der Waals surface area contributed by atoms with Gasteiger partial charge in [0.25, 0.3) is 0 Å². The third-order valence-electron chi connectivity index (χ3n) is 4.03. The van der Waals surface area contributed by atoms with Crippen LogP contribution in [0.2, 0.25) is 0 Å². The zero-order valence-electron chi connectivity index (χ0n) is 10.6. The Kier molecular flexibility index (Phi) is 3.48. The summed E-state index contributed by atoms with van der Waals surface area (Å²) in [7, 11) is 0. The van der Waals surface area contributed by atoms with E-state index in [1.54, 1.807) is 11.5 Å². The number of benzene rings is 1. The normalized spacial score (nSPS) is 23.4. The van der Waals surface area contributed by atoms with Crippen molar-refractivity contribution < 1.29 is 4.79 Å². The molecule has 1 aliphatic rings. The summed E-state index contributed by atoms with van der Waals surface area (Å²) < 4.78 is 5.87. The molecule has 0 unspecified atom stereocenters. The van der Waals surface area contributed by atoms with Gasteiger partial charge in [-0.1, -0.05) is 18.2 Å². The molecule has 1 aliphatic carbocycles. The molecule has 3 N–H and O–H groups in total. The van der Waals surface area contributed by atoms with E-state index in [0.29, 0.717) is 5.92 Å². The van der Waals surface area contributed by atoms with Crippen LogP contribution in [0.3, 0.4) is 0 Å². The van der Waals surface area contributed by atoms with Gasteiger partial charge in [-0.15, -0.1) is 0 Å². The number of carbonyl (C=O) groups excluding carboxylic acids is 1. The van der Waals surface area contributed by atoms with Crippen LogP contribution in [0.5, 0.6) is 0 Å². The van der Waals surface area contributed by atoms with Crippen molar-refractivity contribution in [2.45, 2.75) is 31.6 Å². The predicted molar refractivity (Wildman–Crippen MR) is 76.6 cm³/mol. The number of nitrogens with two attached hydrogens (primary N) is 1. The summed E-state index contributed by atoms with van der Waals surface area (Å²) >= 11 is 1.57. The van der Waals surface area contributed by atoms with E-state index in [2.05, 4.69) is 28.0 Å². The largest absolute Gasteiger partial charge is 0.294 e. The van der Waals surface area contributed by atoms with E-state index in [0.717, 1.165) is 25.7 Å². The topological polar surface area (TPSA) is 68.0 Å². The maximum Gasteiger partial charge on any atom is 0.236 e. The van der Waals surface area contributed by atoms with Crippen molar-refractivity contribution in [1.29, 1.82) is 0 Å². The Balaban J connectivity index is 1.77. The molecule has 0 atom stereocenters. The molecule has 1 saturated carbocycles. The Bertz CT molecular complexity index is 587. The molecule has 100 valence electrons. The molecule has 2 aromatic rings. The number of nitrogens with zero attached hydrogens (tertiary/aromatic N) is 1. The monoisotopic (exact) mass is 275 g/mol. The average Bonchev–Trinajstić information content (AvgIpc) is 2.90. The van der Waals surface area contributed by atoms with Crippen LogP contribution in [0.15, 0.2) is 24.3 Å². The van der Waals surface area contributed by atoms with Gasteiger partial charge >= 0.3 is 0 Å². The molecular formula is C14H17N3OS. The van der Waals surface area contributed by atoms with Crippen molar-refractivity contribution in [1.82, 2.24) is 9.80 Å². The number of hydrogen-bond donors (Lipinski definition) is 2. The minimum absolute atomic E-state index is 0.0263. The van der Waals surface area contributed by atoms with Crippen molar-refractivity contribution in [3.05, 3.63) is 30.0 Å². The molecule has 3 rings (SSSR count). The second kappa shape index (κ2) is 5.27. The fourth-order valence-corrected chi connectivity index (χ4v) is 3.80. The summed E-state index contributed by atoms with van der Waals surface area (Å²) in [4.78, 5) is 11.5. The van der Waals surface area contributed by atoms with Crippen LogP contribution >= 0.6 is 11.5 Å². The number of fused-ring (bicyclic) bond motifs is 1. The van der Waals surface area contributed by atoms with E-state index in [4.69, 9.17) is 5.84 Å². The van der Waals surface area contributed by atoms with E-state index in [9.17, 15) is 4.79 Å². The molecule has 19 heavy (non-hydrogen) atoms. The Morgan fingerprint density at radius 3 is 2.74 bits per heavy atom. The van der Waals surface area contributed by atoms with Crippen LogP contribution in [0.4, 0.5) is 0 Å². The molecule has 0 saturated heterocycles. The van der Waals surface area contributed by atoms with Gasteiger partial charge in [0.2, 0.25) is 5.91 Å². The quantitative estimate of drug-likeness (QED) is 0.503. The van der Waals surface area contributed by atoms with Gasteiger partial charge in [-0.25, -0.2) is 5.84 Å². The SMILES string of the molecule is NNC(=O)[C@H]1CC[C@@H](c2nsc3ccccc32)CC1.